The number of thioether (sulfide) groups is 1. The number of carbonyl (C=O) groups is 2. The number of carboxylic acid groups (broad SMARTS) is 1. The van der Waals surface area contributed by atoms with Crippen LogP contribution in [0.15, 0.2) is 53.4 Å². The maximum Gasteiger partial charge on any atom is 0.335 e. The van der Waals surface area contributed by atoms with Crippen molar-refractivity contribution in [3.8, 4) is 0 Å². The first kappa shape index (κ1) is 15.6. The minimum atomic E-state index is -0.944. The second kappa shape index (κ2) is 6.46. The van der Waals surface area contributed by atoms with Crippen molar-refractivity contribution >= 4 is 23.6 Å². The van der Waals surface area contributed by atoms with Gasteiger partial charge < -0.3 is 10.0 Å². The highest BCUT2D eigenvalue weighted by atomic mass is 32.2. The molecule has 1 N–H and O–H groups in total. The van der Waals surface area contributed by atoms with Gasteiger partial charge in [0.25, 0.3) is 0 Å². The minimum Gasteiger partial charge on any atom is -0.478 e. The van der Waals surface area contributed by atoms with Crippen LogP contribution in [0.3, 0.4) is 0 Å². The molecule has 1 aliphatic rings. The highest BCUT2D eigenvalue weighted by molar-refractivity contribution is 7.99. The van der Waals surface area contributed by atoms with Crippen molar-refractivity contribution in [2.75, 3.05) is 12.8 Å². The van der Waals surface area contributed by atoms with Gasteiger partial charge in [0, 0.05) is 24.2 Å². The predicted molar refractivity (Wildman–Crippen MR) is 89.8 cm³/mol. The molecule has 5 heteroatoms. The van der Waals surface area contributed by atoms with Crippen LogP contribution in [0.1, 0.15) is 27.4 Å². The molecule has 1 amide bonds. The van der Waals surface area contributed by atoms with Crippen LogP contribution in [0, 0.1) is 0 Å². The lowest BCUT2D eigenvalue weighted by Gasteiger charge is -2.21. The molecule has 0 radical (unpaired) electrons. The number of amides is 1. The summed E-state index contributed by atoms with van der Waals surface area (Å²) in [7, 11) is 1.79. The topological polar surface area (TPSA) is 57.6 Å². The number of benzene rings is 2. The third-order valence-electron chi connectivity index (χ3n) is 3.99. The molecular weight excluding hydrogens is 310 g/mol. The SMILES string of the molecule is CN(Cc1ccc(C(=O)O)cc1)C(=O)[C@@H]1CSc2ccccc21. The van der Waals surface area contributed by atoms with Crippen molar-refractivity contribution < 1.29 is 14.7 Å². The van der Waals surface area contributed by atoms with Gasteiger partial charge in [-0.15, -0.1) is 11.8 Å². The second-order valence-corrected chi connectivity index (χ2v) is 6.66. The van der Waals surface area contributed by atoms with E-state index >= 15 is 0 Å². The summed E-state index contributed by atoms with van der Waals surface area (Å²) in [5.74, 6) is -0.162. The van der Waals surface area contributed by atoms with Gasteiger partial charge in [-0.2, -0.15) is 0 Å². The molecule has 0 saturated carbocycles. The van der Waals surface area contributed by atoms with Gasteiger partial charge >= 0.3 is 5.97 Å². The fraction of sp³-hybridized carbons (Fsp3) is 0.222. The third-order valence-corrected chi connectivity index (χ3v) is 5.18. The molecule has 0 bridgehead atoms. The van der Waals surface area contributed by atoms with E-state index in [4.69, 9.17) is 5.11 Å². The average Bonchev–Trinajstić information content (AvgIpc) is 2.98. The van der Waals surface area contributed by atoms with Crippen LogP contribution in [0.2, 0.25) is 0 Å². The minimum absolute atomic E-state index is 0.0977. The number of carbonyl (C=O) groups excluding carboxylic acids is 1. The molecule has 3 rings (SSSR count). The lowest BCUT2D eigenvalue weighted by Crippen LogP contribution is -2.31. The first-order valence-electron chi connectivity index (χ1n) is 7.35. The molecule has 1 heterocycles. The van der Waals surface area contributed by atoms with E-state index in [2.05, 4.69) is 6.07 Å². The number of hydrogen-bond donors (Lipinski definition) is 1. The van der Waals surface area contributed by atoms with Crippen LogP contribution < -0.4 is 0 Å². The molecule has 0 aromatic heterocycles. The van der Waals surface area contributed by atoms with Crippen molar-refractivity contribution in [1.82, 2.24) is 4.90 Å². The smallest absolute Gasteiger partial charge is 0.335 e. The van der Waals surface area contributed by atoms with Gasteiger partial charge in [-0.3, -0.25) is 4.79 Å². The Morgan fingerprint density at radius 2 is 1.87 bits per heavy atom. The number of aromatic carboxylic acids is 1. The monoisotopic (exact) mass is 327 g/mol. The maximum atomic E-state index is 12.7. The zero-order valence-electron chi connectivity index (χ0n) is 12.7. The van der Waals surface area contributed by atoms with Crippen LogP contribution in [0.4, 0.5) is 0 Å². The highest BCUT2D eigenvalue weighted by Gasteiger charge is 2.30. The molecule has 2 aromatic carbocycles. The summed E-state index contributed by atoms with van der Waals surface area (Å²) < 4.78 is 0. The Labute approximate surface area is 139 Å². The summed E-state index contributed by atoms with van der Waals surface area (Å²) in [6, 6.07) is 14.7. The lowest BCUT2D eigenvalue weighted by atomic mass is 10.00. The normalized spacial score (nSPS) is 16.0. The molecule has 4 nitrogen and oxygen atoms in total. The molecule has 0 spiro atoms. The number of likely N-dealkylation sites (N-methyl/N-ethyl adjacent to an activating group) is 1. The zero-order chi connectivity index (χ0) is 16.4. The Morgan fingerprint density at radius 1 is 1.17 bits per heavy atom. The van der Waals surface area contributed by atoms with E-state index in [0.29, 0.717) is 6.54 Å². The van der Waals surface area contributed by atoms with Crippen LogP contribution >= 0.6 is 11.8 Å². The molecule has 2 aromatic rings. The van der Waals surface area contributed by atoms with Gasteiger partial charge in [-0.25, -0.2) is 4.79 Å². The maximum absolute atomic E-state index is 12.7. The molecular formula is C18H17NO3S. The summed E-state index contributed by atoms with van der Waals surface area (Å²) in [5.41, 5.74) is 2.28. The van der Waals surface area contributed by atoms with E-state index in [9.17, 15) is 9.59 Å². The van der Waals surface area contributed by atoms with E-state index in [0.717, 1.165) is 16.9 Å². The van der Waals surface area contributed by atoms with E-state index in [1.165, 1.54) is 4.90 Å². The van der Waals surface area contributed by atoms with E-state index in [-0.39, 0.29) is 17.4 Å². The van der Waals surface area contributed by atoms with Crippen LogP contribution in [0.25, 0.3) is 0 Å². The largest absolute Gasteiger partial charge is 0.478 e. The van der Waals surface area contributed by atoms with Gasteiger partial charge in [0.2, 0.25) is 5.91 Å². The summed E-state index contributed by atoms with van der Waals surface area (Å²) in [5, 5.41) is 8.92. The molecule has 118 valence electrons. The molecule has 1 atom stereocenters. The number of nitrogens with zero attached hydrogens (tertiary/aromatic N) is 1. The van der Waals surface area contributed by atoms with Crippen molar-refractivity contribution in [3.63, 3.8) is 0 Å². The fourth-order valence-electron chi connectivity index (χ4n) is 2.74. The highest BCUT2D eigenvalue weighted by Crippen LogP contribution is 2.40. The van der Waals surface area contributed by atoms with Crippen molar-refractivity contribution in [2.24, 2.45) is 0 Å². The van der Waals surface area contributed by atoms with Crippen molar-refractivity contribution in [1.29, 1.82) is 0 Å². The first-order valence-corrected chi connectivity index (χ1v) is 8.34. The summed E-state index contributed by atoms with van der Waals surface area (Å²) in [6.07, 6.45) is 0. The average molecular weight is 327 g/mol. The second-order valence-electron chi connectivity index (χ2n) is 5.60. The Morgan fingerprint density at radius 3 is 2.57 bits per heavy atom. The lowest BCUT2D eigenvalue weighted by molar-refractivity contribution is -0.131. The summed E-state index contributed by atoms with van der Waals surface area (Å²) in [6.45, 7) is 0.474. The molecule has 23 heavy (non-hydrogen) atoms. The van der Waals surface area contributed by atoms with E-state index < -0.39 is 5.97 Å². The summed E-state index contributed by atoms with van der Waals surface area (Å²) >= 11 is 1.72. The molecule has 0 aliphatic carbocycles. The van der Waals surface area contributed by atoms with Crippen molar-refractivity contribution in [2.45, 2.75) is 17.4 Å². The molecule has 0 unspecified atom stereocenters. The van der Waals surface area contributed by atoms with Crippen LogP contribution in [-0.2, 0) is 11.3 Å². The third kappa shape index (κ3) is 3.24. The van der Waals surface area contributed by atoms with Crippen molar-refractivity contribution in [3.05, 3.63) is 65.2 Å². The molecule has 0 fully saturated rings. The molecule has 1 aliphatic heterocycles. The summed E-state index contributed by atoms with van der Waals surface area (Å²) in [4.78, 5) is 26.5. The predicted octanol–water partition coefficient (Wildman–Crippen LogP) is 3.23. The van der Waals surface area contributed by atoms with E-state index in [1.54, 1.807) is 48.0 Å². The van der Waals surface area contributed by atoms with Gasteiger partial charge in [-0.05, 0) is 29.3 Å². The Kier molecular flexibility index (Phi) is 4.39. The molecule has 0 saturated heterocycles. The standard InChI is InChI=1S/C18H17NO3S/c1-19(10-12-6-8-13(9-7-12)18(21)22)17(20)15-11-23-16-5-3-2-4-14(15)16/h2-9,15H,10-11H2,1H3,(H,21,22)/t15-/m1/s1. The zero-order valence-corrected chi connectivity index (χ0v) is 13.5. The fourth-order valence-corrected chi connectivity index (χ4v) is 3.96. The Balaban J connectivity index is 1.70. The first-order chi connectivity index (χ1) is 11.1. The van der Waals surface area contributed by atoms with Crippen LogP contribution in [-0.4, -0.2) is 34.7 Å². The number of fused-ring (bicyclic) bond motifs is 1. The van der Waals surface area contributed by atoms with Gasteiger partial charge in [0.05, 0.1) is 11.5 Å². The number of rotatable bonds is 4. The Hall–Kier alpha value is -2.27. The quantitative estimate of drug-likeness (QED) is 0.937. The van der Waals surface area contributed by atoms with Gasteiger partial charge in [0.15, 0.2) is 0 Å². The van der Waals surface area contributed by atoms with Crippen LogP contribution in [0.5, 0.6) is 0 Å². The van der Waals surface area contributed by atoms with Gasteiger partial charge in [0.1, 0.15) is 0 Å². The van der Waals surface area contributed by atoms with Gasteiger partial charge in [-0.1, -0.05) is 30.3 Å². The van der Waals surface area contributed by atoms with E-state index in [1.807, 2.05) is 18.2 Å². The number of carboxylic acids is 1. The Bertz CT molecular complexity index is 742. The number of hydrogen-bond acceptors (Lipinski definition) is 3.